The first kappa shape index (κ1) is 14.2. The van der Waals surface area contributed by atoms with Crippen molar-refractivity contribution in [3.05, 3.63) is 18.3 Å². The largest absolute Gasteiger partial charge is 0.321 e. The number of nitrogens with two attached hydrogens (primary N) is 1. The maximum absolute atomic E-state index is 12.7. The van der Waals surface area contributed by atoms with Crippen LogP contribution in [0.4, 0.5) is 5.69 Å². The normalized spacial score (nSPS) is 16.1. The monoisotopic (exact) mass is 284 g/mol. The first-order chi connectivity index (χ1) is 8.96. The molecule has 0 aromatic carbocycles. The summed E-state index contributed by atoms with van der Waals surface area (Å²) in [5, 5.41) is -0.00755. The molecule has 19 heavy (non-hydrogen) atoms. The summed E-state index contributed by atoms with van der Waals surface area (Å²) >= 11 is 0. The van der Waals surface area contributed by atoms with E-state index in [-0.39, 0.29) is 11.1 Å². The van der Waals surface area contributed by atoms with E-state index in [0.29, 0.717) is 18.2 Å². The molecule has 0 radical (unpaired) electrons. The van der Waals surface area contributed by atoms with Crippen LogP contribution in [0.15, 0.2) is 23.4 Å². The first-order valence-corrected chi connectivity index (χ1v) is 7.84. The van der Waals surface area contributed by atoms with E-state index in [1.807, 2.05) is 13.8 Å². The summed E-state index contributed by atoms with van der Waals surface area (Å²) in [6.45, 7) is 4.30. The molecule has 106 valence electrons. The third-order valence-corrected chi connectivity index (χ3v) is 5.19. The van der Waals surface area contributed by atoms with E-state index in [4.69, 9.17) is 5.84 Å². The standard InChI is InChI=1S/C12H20N4O2S/c1-9(2)16(8-10-5-6-10)19(17,18)12-11(15-13)4-3-7-14-12/h3-4,7,9-10,15H,5-6,8,13H2,1-2H3. The van der Waals surface area contributed by atoms with Gasteiger partial charge < -0.3 is 5.43 Å². The fraction of sp³-hybridized carbons (Fsp3) is 0.583. The van der Waals surface area contributed by atoms with Gasteiger partial charge in [0.1, 0.15) is 0 Å². The van der Waals surface area contributed by atoms with E-state index in [1.54, 1.807) is 12.1 Å². The average molecular weight is 284 g/mol. The SMILES string of the molecule is CC(C)N(CC1CC1)S(=O)(=O)c1ncccc1NN. The van der Waals surface area contributed by atoms with E-state index in [1.165, 1.54) is 10.5 Å². The number of sulfonamides is 1. The number of pyridine rings is 1. The summed E-state index contributed by atoms with van der Waals surface area (Å²) in [6, 6.07) is 3.16. The molecule has 1 heterocycles. The van der Waals surface area contributed by atoms with E-state index >= 15 is 0 Å². The van der Waals surface area contributed by atoms with E-state index in [2.05, 4.69) is 10.4 Å². The summed E-state index contributed by atoms with van der Waals surface area (Å²) in [4.78, 5) is 3.98. The molecule has 1 aromatic heterocycles. The number of anilines is 1. The summed E-state index contributed by atoms with van der Waals surface area (Å²) in [5.74, 6) is 5.85. The van der Waals surface area contributed by atoms with Crippen molar-refractivity contribution >= 4 is 15.7 Å². The van der Waals surface area contributed by atoms with Crippen molar-refractivity contribution in [1.82, 2.24) is 9.29 Å². The molecule has 1 aromatic rings. The fourth-order valence-electron chi connectivity index (χ4n) is 1.96. The predicted molar refractivity (Wildman–Crippen MR) is 73.8 cm³/mol. The van der Waals surface area contributed by atoms with Crippen LogP contribution in [0, 0.1) is 5.92 Å². The second-order valence-corrected chi connectivity index (χ2v) is 6.92. The number of aromatic nitrogens is 1. The lowest BCUT2D eigenvalue weighted by Gasteiger charge is -2.26. The predicted octanol–water partition coefficient (Wildman–Crippen LogP) is 1.18. The van der Waals surface area contributed by atoms with Crippen LogP contribution < -0.4 is 11.3 Å². The molecule has 7 heteroatoms. The second-order valence-electron chi connectivity index (χ2n) is 5.11. The molecule has 0 bridgehead atoms. The lowest BCUT2D eigenvalue weighted by atomic mass is 10.3. The van der Waals surface area contributed by atoms with Crippen LogP contribution in [0.25, 0.3) is 0 Å². The van der Waals surface area contributed by atoms with Crippen molar-refractivity contribution in [2.24, 2.45) is 11.8 Å². The lowest BCUT2D eigenvalue weighted by molar-refractivity contribution is 0.340. The Balaban J connectivity index is 2.37. The Morgan fingerprint density at radius 1 is 1.53 bits per heavy atom. The van der Waals surface area contributed by atoms with Gasteiger partial charge >= 0.3 is 0 Å². The van der Waals surface area contributed by atoms with Crippen LogP contribution in [-0.4, -0.2) is 30.3 Å². The molecule has 3 N–H and O–H groups in total. The summed E-state index contributed by atoms with van der Waals surface area (Å²) in [5.41, 5.74) is 2.72. The molecule has 1 aliphatic rings. The number of nitrogens with one attached hydrogen (secondary N) is 1. The molecule has 2 rings (SSSR count). The van der Waals surface area contributed by atoms with Crippen LogP contribution in [0.5, 0.6) is 0 Å². The quantitative estimate of drug-likeness (QED) is 0.605. The minimum absolute atomic E-state index is 0.00755. The molecule has 0 aliphatic heterocycles. The van der Waals surface area contributed by atoms with Crippen LogP contribution >= 0.6 is 0 Å². The number of hydrogen-bond acceptors (Lipinski definition) is 5. The Kier molecular flexibility index (Phi) is 4.07. The topological polar surface area (TPSA) is 88.3 Å². The number of rotatable bonds is 6. The highest BCUT2D eigenvalue weighted by atomic mass is 32.2. The lowest BCUT2D eigenvalue weighted by Crippen LogP contribution is -2.39. The van der Waals surface area contributed by atoms with Crippen molar-refractivity contribution in [2.75, 3.05) is 12.0 Å². The molecule has 1 fully saturated rings. The van der Waals surface area contributed by atoms with Gasteiger partial charge in [0.05, 0.1) is 5.69 Å². The maximum atomic E-state index is 12.7. The Labute approximate surface area is 114 Å². The molecule has 0 atom stereocenters. The smallest absolute Gasteiger partial charge is 0.262 e. The number of nitrogen functional groups attached to an aromatic ring is 1. The van der Waals surface area contributed by atoms with Crippen LogP contribution in [0.2, 0.25) is 0 Å². The van der Waals surface area contributed by atoms with E-state index < -0.39 is 10.0 Å². The number of nitrogens with zero attached hydrogens (tertiary/aromatic N) is 2. The maximum Gasteiger partial charge on any atom is 0.262 e. The Hall–Kier alpha value is -1.18. The zero-order chi connectivity index (χ0) is 14.0. The summed E-state index contributed by atoms with van der Waals surface area (Å²) in [7, 11) is -3.62. The van der Waals surface area contributed by atoms with Gasteiger partial charge in [-0.1, -0.05) is 0 Å². The Morgan fingerprint density at radius 3 is 2.74 bits per heavy atom. The molecule has 0 saturated heterocycles. The minimum atomic E-state index is -3.62. The van der Waals surface area contributed by atoms with Crippen LogP contribution in [0.1, 0.15) is 26.7 Å². The van der Waals surface area contributed by atoms with Gasteiger partial charge in [-0.15, -0.1) is 0 Å². The second kappa shape index (κ2) is 5.44. The summed E-state index contributed by atoms with van der Waals surface area (Å²) < 4.78 is 26.9. The third-order valence-electron chi connectivity index (χ3n) is 3.19. The van der Waals surface area contributed by atoms with E-state index in [9.17, 15) is 8.42 Å². The molecule has 0 amide bonds. The fourth-order valence-corrected chi connectivity index (χ4v) is 3.74. The molecule has 6 nitrogen and oxygen atoms in total. The first-order valence-electron chi connectivity index (χ1n) is 6.40. The van der Waals surface area contributed by atoms with Crippen LogP contribution in [-0.2, 0) is 10.0 Å². The van der Waals surface area contributed by atoms with Gasteiger partial charge in [-0.2, -0.15) is 4.31 Å². The number of hydrogen-bond donors (Lipinski definition) is 2. The van der Waals surface area contributed by atoms with E-state index in [0.717, 1.165) is 12.8 Å². The zero-order valence-electron chi connectivity index (χ0n) is 11.2. The van der Waals surface area contributed by atoms with Crippen LogP contribution in [0.3, 0.4) is 0 Å². The zero-order valence-corrected chi connectivity index (χ0v) is 12.0. The van der Waals surface area contributed by atoms with Crippen molar-refractivity contribution in [3.63, 3.8) is 0 Å². The van der Waals surface area contributed by atoms with Gasteiger partial charge in [0.15, 0.2) is 5.03 Å². The highest BCUT2D eigenvalue weighted by Gasteiger charge is 2.35. The average Bonchev–Trinajstić information content (AvgIpc) is 3.19. The highest BCUT2D eigenvalue weighted by molar-refractivity contribution is 7.89. The molecule has 1 aliphatic carbocycles. The molecule has 0 spiro atoms. The molecular formula is C12H20N4O2S. The van der Waals surface area contributed by atoms with Gasteiger partial charge in [0.2, 0.25) is 0 Å². The highest BCUT2D eigenvalue weighted by Crippen LogP contribution is 2.33. The third kappa shape index (κ3) is 3.05. The number of hydrazine groups is 1. The van der Waals surface area contributed by atoms with Crippen molar-refractivity contribution in [2.45, 2.75) is 37.8 Å². The van der Waals surface area contributed by atoms with Gasteiger partial charge in [0, 0.05) is 18.8 Å². The molecule has 1 saturated carbocycles. The van der Waals surface area contributed by atoms with Gasteiger partial charge in [-0.3, -0.25) is 5.84 Å². The van der Waals surface area contributed by atoms with Crippen molar-refractivity contribution < 1.29 is 8.42 Å². The Morgan fingerprint density at radius 2 is 2.21 bits per heavy atom. The van der Waals surface area contributed by atoms with Gasteiger partial charge in [0.25, 0.3) is 10.0 Å². The van der Waals surface area contributed by atoms with Gasteiger partial charge in [-0.25, -0.2) is 13.4 Å². The summed E-state index contributed by atoms with van der Waals surface area (Å²) in [6.07, 6.45) is 3.66. The minimum Gasteiger partial charge on any atom is -0.321 e. The Bertz CT molecular complexity index is 540. The van der Waals surface area contributed by atoms with Crippen molar-refractivity contribution in [1.29, 1.82) is 0 Å². The molecular weight excluding hydrogens is 264 g/mol. The van der Waals surface area contributed by atoms with Gasteiger partial charge in [-0.05, 0) is 44.7 Å². The van der Waals surface area contributed by atoms with Crippen molar-refractivity contribution in [3.8, 4) is 0 Å². The molecule has 0 unspecified atom stereocenters.